The number of pyridine rings is 1. The van der Waals surface area contributed by atoms with Crippen LogP contribution in [-0.2, 0) is 6.42 Å². The Labute approximate surface area is 111 Å². The molecule has 0 radical (unpaired) electrons. The first-order valence-electron chi connectivity index (χ1n) is 5.81. The highest BCUT2D eigenvalue weighted by Gasteiger charge is 2.07. The minimum absolute atomic E-state index is 0.461. The van der Waals surface area contributed by atoms with Crippen LogP contribution in [0.3, 0.4) is 0 Å². The number of nitrogens with zero attached hydrogens (tertiary/aromatic N) is 3. The van der Waals surface area contributed by atoms with Crippen LogP contribution in [0.5, 0.6) is 0 Å². The van der Waals surface area contributed by atoms with Crippen LogP contribution in [0, 0.1) is 13.8 Å². The Bertz CT molecular complexity index is 528. The minimum Gasteiger partial charge on any atom is -0.368 e. The lowest BCUT2D eigenvalue weighted by Crippen LogP contribution is -2.10. The van der Waals surface area contributed by atoms with E-state index in [4.69, 9.17) is 11.6 Å². The molecular formula is C13H15ClN4. The second-order valence-corrected chi connectivity index (χ2v) is 4.45. The van der Waals surface area contributed by atoms with Crippen molar-refractivity contribution in [2.75, 3.05) is 11.9 Å². The molecule has 0 unspecified atom stereocenters. The van der Waals surface area contributed by atoms with E-state index in [-0.39, 0.29) is 0 Å². The summed E-state index contributed by atoms with van der Waals surface area (Å²) in [6, 6.07) is 5.91. The Morgan fingerprint density at radius 2 is 2.00 bits per heavy atom. The van der Waals surface area contributed by atoms with Crippen LogP contribution in [0.4, 0.5) is 5.82 Å². The van der Waals surface area contributed by atoms with E-state index in [0.29, 0.717) is 5.15 Å². The van der Waals surface area contributed by atoms with Gasteiger partial charge in [-0.3, -0.25) is 4.98 Å². The molecular weight excluding hydrogens is 248 g/mol. The zero-order chi connectivity index (χ0) is 13.0. The van der Waals surface area contributed by atoms with Gasteiger partial charge >= 0.3 is 0 Å². The third-order valence-corrected chi connectivity index (χ3v) is 3.22. The van der Waals surface area contributed by atoms with E-state index in [9.17, 15) is 0 Å². The van der Waals surface area contributed by atoms with Crippen molar-refractivity contribution in [3.05, 3.63) is 46.4 Å². The number of anilines is 1. The van der Waals surface area contributed by atoms with Gasteiger partial charge in [0.05, 0.1) is 0 Å². The molecule has 0 aromatic carbocycles. The van der Waals surface area contributed by atoms with Gasteiger partial charge in [-0.1, -0.05) is 17.7 Å². The number of hydrogen-bond donors (Lipinski definition) is 1. The zero-order valence-corrected chi connectivity index (χ0v) is 11.2. The molecule has 5 heteroatoms. The van der Waals surface area contributed by atoms with Crippen molar-refractivity contribution in [2.24, 2.45) is 0 Å². The van der Waals surface area contributed by atoms with E-state index >= 15 is 0 Å². The maximum atomic E-state index is 5.90. The van der Waals surface area contributed by atoms with E-state index in [1.165, 1.54) is 0 Å². The average molecular weight is 263 g/mol. The fourth-order valence-corrected chi connectivity index (χ4v) is 1.78. The van der Waals surface area contributed by atoms with Crippen molar-refractivity contribution in [3.63, 3.8) is 0 Å². The lowest BCUT2D eigenvalue weighted by atomic mass is 10.2. The summed E-state index contributed by atoms with van der Waals surface area (Å²) >= 11 is 5.90. The van der Waals surface area contributed by atoms with Crippen molar-refractivity contribution >= 4 is 17.4 Å². The number of aromatic nitrogens is 3. The molecule has 2 rings (SSSR count). The first kappa shape index (κ1) is 12.8. The Kier molecular flexibility index (Phi) is 4.10. The molecule has 0 atom stereocenters. The normalized spacial score (nSPS) is 10.4. The molecule has 18 heavy (non-hydrogen) atoms. The Morgan fingerprint density at radius 3 is 2.72 bits per heavy atom. The Balaban J connectivity index is 1.97. The molecule has 0 spiro atoms. The van der Waals surface area contributed by atoms with Gasteiger partial charge in [-0.25, -0.2) is 0 Å². The summed E-state index contributed by atoms with van der Waals surface area (Å²) < 4.78 is 0. The van der Waals surface area contributed by atoms with Crippen molar-refractivity contribution < 1.29 is 0 Å². The maximum Gasteiger partial charge on any atom is 0.155 e. The molecule has 2 aromatic heterocycles. The molecule has 0 aliphatic carbocycles. The van der Waals surface area contributed by atoms with Crippen molar-refractivity contribution in [1.82, 2.24) is 15.2 Å². The van der Waals surface area contributed by atoms with Gasteiger partial charge in [-0.2, -0.15) is 0 Å². The predicted molar refractivity (Wildman–Crippen MR) is 72.9 cm³/mol. The number of nitrogens with one attached hydrogen (secondary N) is 1. The van der Waals surface area contributed by atoms with E-state index in [2.05, 4.69) is 20.5 Å². The highest BCUT2D eigenvalue weighted by Crippen LogP contribution is 2.20. The standard InChI is InChI=1S/C13H15ClN4/c1-9-10(2)13(18-17-12(9)14)16-8-6-11-5-3-4-7-15-11/h3-5,7H,6,8H2,1-2H3,(H,16,18). The molecule has 2 aromatic rings. The van der Waals surface area contributed by atoms with Crippen LogP contribution in [-0.4, -0.2) is 21.7 Å². The third kappa shape index (κ3) is 2.96. The molecule has 0 amide bonds. The summed E-state index contributed by atoms with van der Waals surface area (Å²) in [7, 11) is 0. The van der Waals surface area contributed by atoms with Crippen LogP contribution in [0.1, 0.15) is 16.8 Å². The molecule has 0 saturated heterocycles. The van der Waals surface area contributed by atoms with E-state index < -0.39 is 0 Å². The lowest BCUT2D eigenvalue weighted by molar-refractivity contribution is 0.924. The molecule has 0 bridgehead atoms. The summed E-state index contributed by atoms with van der Waals surface area (Å²) in [6.45, 7) is 4.70. The minimum atomic E-state index is 0.461. The Hall–Kier alpha value is -1.68. The summed E-state index contributed by atoms with van der Waals surface area (Å²) in [4.78, 5) is 4.27. The van der Waals surface area contributed by atoms with Gasteiger partial charge in [0.2, 0.25) is 0 Å². The van der Waals surface area contributed by atoms with Gasteiger partial charge < -0.3 is 5.32 Å². The smallest absolute Gasteiger partial charge is 0.155 e. The molecule has 0 saturated carbocycles. The molecule has 0 aliphatic rings. The fraction of sp³-hybridized carbons (Fsp3) is 0.308. The van der Waals surface area contributed by atoms with Gasteiger partial charge in [-0.15, -0.1) is 10.2 Å². The van der Waals surface area contributed by atoms with Crippen molar-refractivity contribution in [3.8, 4) is 0 Å². The van der Waals surface area contributed by atoms with Gasteiger partial charge in [0, 0.05) is 24.9 Å². The van der Waals surface area contributed by atoms with Crippen molar-refractivity contribution in [1.29, 1.82) is 0 Å². The first-order valence-corrected chi connectivity index (χ1v) is 6.19. The Morgan fingerprint density at radius 1 is 1.17 bits per heavy atom. The predicted octanol–water partition coefficient (Wildman–Crippen LogP) is 2.80. The molecule has 4 nitrogen and oxygen atoms in total. The van der Waals surface area contributed by atoms with Crippen molar-refractivity contribution in [2.45, 2.75) is 20.3 Å². The zero-order valence-electron chi connectivity index (χ0n) is 10.4. The van der Waals surface area contributed by atoms with Crippen LogP contribution < -0.4 is 5.32 Å². The maximum absolute atomic E-state index is 5.90. The summed E-state index contributed by atoms with van der Waals surface area (Å²) in [5.41, 5.74) is 3.06. The van der Waals surface area contributed by atoms with Gasteiger partial charge in [0.1, 0.15) is 0 Å². The number of rotatable bonds is 4. The van der Waals surface area contributed by atoms with Crippen LogP contribution >= 0.6 is 11.6 Å². The van der Waals surface area contributed by atoms with Crippen LogP contribution in [0.25, 0.3) is 0 Å². The molecule has 0 fully saturated rings. The number of hydrogen-bond acceptors (Lipinski definition) is 4. The molecule has 94 valence electrons. The summed E-state index contributed by atoms with van der Waals surface area (Å²) in [5, 5.41) is 11.7. The lowest BCUT2D eigenvalue weighted by Gasteiger charge is -2.09. The van der Waals surface area contributed by atoms with Gasteiger partial charge in [0.15, 0.2) is 11.0 Å². The van der Waals surface area contributed by atoms with Crippen LogP contribution in [0.2, 0.25) is 5.15 Å². The van der Waals surface area contributed by atoms with Gasteiger partial charge in [0.25, 0.3) is 0 Å². The molecule has 2 heterocycles. The number of halogens is 1. The fourth-order valence-electron chi connectivity index (χ4n) is 1.60. The highest BCUT2D eigenvalue weighted by molar-refractivity contribution is 6.30. The second-order valence-electron chi connectivity index (χ2n) is 4.09. The summed E-state index contributed by atoms with van der Waals surface area (Å²) in [5.74, 6) is 0.785. The first-order chi connectivity index (χ1) is 8.68. The van der Waals surface area contributed by atoms with E-state index in [1.807, 2.05) is 32.0 Å². The molecule has 1 N–H and O–H groups in total. The van der Waals surface area contributed by atoms with Crippen LogP contribution in [0.15, 0.2) is 24.4 Å². The average Bonchev–Trinajstić information content (AvgIpc) is 2.40. The van der Waals surface area contributed by atoms with Gasteiger partial charge in [-0.05, 0) is 37.1 Å². The van der Waals surface area contributed by atoms with E-state index in [0.717, 1.165) is 35.6 Å². The largest absolute Gasteiger partial charge is 0.368 e. The third-order valence-electron chi connectivity index (χ3n) is 2.86. The quantitative estimate of drug-likeness (QED) is 0.921. The SMILES string of the molecule is Cc1c(Cl)nnc(NCCc2ccccn2)c1C. The molecule has 0 aliphatic heterocycles. The summed E-state index contributed by atoms with van der Waals surface area (Å²) in [6.07, 6.45) is 2.65. The second kappa shape index (κ2) is 5.78. The monoisotopic (exact) mass is 262 g/mol. The highest BCUT2D eigenvalue weighted by atomic mass is 35.5. The topological polar surface area (TPSA) is 50.7 Å². The van der Waals surface area contributed by atoms with E-state index in [1.54, 1.807) is 6.20 Å².